The fourth-order valence-electron chi connectivity index (χ4n) is 5.12. The van der Waals surface area contributed by atoms with Crippen LogP contribution in [-0.4, -0.2) is 36.9 Å². The van der Waals surface area contributed by atoms with Gasteiger partial charge in [-0.1, -0.05) is 80.2 Å². The molecule has 1 aromatic rings. The molecule has 0 saturated carbocycles. The van der Waals surface area contributed by atoms with Crippen LogP contribution in [0.4, 0.5) is 0 Å². The van der Waals surface area contributed by atoms with E-state index < -0.39 is 20.6 Å². The summed E-state index contributed by atoms with van der Waals surface area (Å²) in [4.78, 5) is 0. The number of hydrogen-bond donors (Lipinski definition) is 1. The second-order valence-electron chi connectivity index (χ2n) is 12.4. The van der Waals surface area contributed by atoms with E-state index in [1.807, 2.05) is 33.8 Å². The molecule has 0 radical (unpaired) electrons. The van der Waals surface area contributed by atoms with Crippen molar-refractivity contribution in [1.29, 1.82) is 0 Å². The van der Waals surface area contributed by atoms with Gasteiger partial charge in [0.2, 0.25) is 0 Å². The Morgan fingerprint density at radius 3 is 1.49 bits per heavy atom. The first kappa shape index (κ1) is 36.5. The first-order valence-corrected chi connectivity index (χ1v) is 19.3. The smallest absolute Gasteiger partial charge is 0.346 e. The molecule has 9 heteroatoms. The highest BCUT2D eigenvalue weighted by Crippen LogP contribution is 2.71. The van der Waals surface area contributed by atoms with Crippen LogP contribution in [0.2, 0.25) is 0 Å². The molecule has 41 heavy (non-hydrogen) atoms. The zero-order chi connectivity index (χ0) is 30.5. The van der Waals surface area contributed by atoms with Gasteiger partial charge in [0.1, 0.15) is 5.75 Å². The summed E-state index contributed by atoms with van der Waals surface area (Å²) < 4.78 is 54.2. The molecule has 0 aromatic heterocycles. The second-order valence-corrected chi connectivity index (χ2v) is 17.2. The van der Waals surface area contributed by atoms with E-state index in [1.54, 1.807) is 0 Å². The van der Waals surface area contributed by atoms with Gasteiger partial charge in [-0.25, -0.2) is 0 Å². The van der Waals surface area contributed by atoms with Crippen LogP contribution in [-0.2, 0) is 51.9 Å². The topological polar surface area (TPSA) is 91.3 Å². The van der Waals surface area contributed by atoms with Gasteiger partial charge in [-0.15, -0.1) is 0 Å². The number of aromatic hydroxyl groups is 1. The van der Waals surface area contributed by atoms with Crippen molar-refractivity contribution in [1.82, 2.24) is 0 Å². The van der Waals surface area contributed by atoms with Crippen LogP contribution in [0.5, 0.6) is 5.75 Å². The number of phenols is 1. The van der Waals surface area contributed by atoms with Crippen LogP contribution in [0, 0.1) is 0 Å². The molecule has 7 nitrogen and oxygen atoms in total. The molecule has 0 atom stereocenters. The Balaban J connectivity index is 2.74. The molecule has 0 saturated heterocycles. The Kier molecular flexibility index (Phi) is 15.6. The van der Waals surface area contributed by atoms with Crippen molar-refractivity contribution >= 4 is 15.2 Å². The monoisotopic (exact) mass is 616 g/mol. The molecule has 2 rings (SSSR count). The minimum absolute atomic E-state index is 0.177. The number of rotatable bonds is 20. The van der Waals surface area contributed by atoms with Gasteiger partial charge in [-0.2, -0.15) is 0 Å². The van der Waals surface area contributed by atoms with E-state index in [0.29, 0.717) is 31.4 Å². The summed E-state index contributed by atoms with van der Waals surface area (Å²) in [5, 5.41) is 10.2. The highest BCUT2D eigenvalue weighted by atomic mass is 31.2. The quantitative estimate of drug-likeness (QED) is 0.115. The van der Waals surface area contributed by atoms with E-state index in [4.69, 9.17) is 18.1 Å². The van der Waals surface area contributed by atoms with Crippen molar-refractivity contribution in [2.45, 2.75) is 143 Å². The summed E-state index contributed by atoms with van der Waals surface area (Å²) in [7, 11) is -7.90. The number of benzene rings is 1. The largest absolute Gasteiger partial charge is 0.507 e. The Hall–Kier alpha value is -0.680. The zero-order valence-corrected chi connectivity index (χ0v) is 28.8. The summed E-state index contributed by atoms with van der Waals surface area (Å²) in [5.74, 6) is 0.357. The molecule has 1 aliphatic carbocycles. The van der Waals surface area contributed by atoms with Crippen molar-refractivity contribution in [3.63, 3.8) is 0 Å². The molecule has 0 unspecified atom stereocenters. The molecule has 0 heterocycles. The van der Waals surface area contributed by atoms with E-state index in [9.17, 15) is 14.2 Å². The lowest BCUT2D eigenvalue weighted by Gasteiger charge is -2.34. The summed E-state index contributed by atoms with van der Waals surface area (Å²) in [6.07, 6.45) is 10.2. The Labute approximate surface area is 250 Å². The molecule has 238 valence electrons. The maximum atomic E-state index is 14.9. The minimum Gasteiger partial charge on any atom is -0.507 e. The Morgan fingerprint density at radius 1 is 0.732 bits per heavy atom. The van der Waals surface area contributed by atoms with E-state index >= 15 is 0 Å². The average Bonchev–Trinajstić information content (AvgIpc) is 2.92. The third kappa shape index (κ3) is 10.5. The Bertz CT molecular complexity index is 952. The molecule has 0 bridgehead atoms. The van der Waals surface area contributed by atoms with Gasteiger partial charge in [0, 0.05) is 0 Å². The number of phenolic OH excluding ortho intramolecular Hbond substituents is 1. The lowest BCUT2D eigenvalue weighted by molar-refractivity contribution is 0.176. The normalized spacial score (nSPS) is 14.5. The third-order valence-corrected chi connectivity index (χ3v) is 13.4. The average molecular weight is 617 g/mol. The van der Waals surface area contributed by atoms with Gasteiger partial charge in [-0.05, 0) is 85.5 Å². The standard InChI is InChI=1S/C32H58O7P2/c1-8-12-20-36-40(34,37-21-13-9-2)30(41(35,38-22-14-10-3)39-23-15-11-4)25-26-24-29(32(5,6)7)31(33)28-19-17-16-18-27(26)28/h24,30,33H,8-23,25H2,1-7H3. The lowest BCUT2D eigenvalue weighted by Crippen LogP contribution is -2.23. The van der Waals surface area contributed by atoms with Crippen LogP contribution in [0.1, 0.15) is 135 Å². The van der Waals surface area contributed by atoms with Gasteiger partial charge in [-0.3, -0.25) is 9.13 Å². The predicted molar refractivity (Wildman–Crippen MR) is 170 cm³/mol. The summed E-state index contributed by atoms with van der Waals surface area (Å²) in [6, 6.07) is 2.03. The Morgan fingerprint density at radius 2 is 1.12 bits per heavy atom. The fourth-order valence-corrected chi connectivity index (χ4v) is 10.5. The molecule has 1 N–H and O–H groups in total. The number of fused-ring (bicyclic) bond motifs is 1. The maximum absolute atomic E-state index is 14.9. The molecule has 0 fully saturated rings. The molecular weight excluding hydrogens is 558 g/mol. The van der Waals surface area contributed by atoms with Crippen LogP contribution in [0.3, 0.4) is 0 Å². The van der Waals surface area contributed by atoms with E-state index in [1.165, 1.54) is 0 Å². The number of hydrogen-bond acceptors (Lipinski definition) is 7. The van der Waals surface area contributed by atoms with E-state index in [-0.39, 0.29) is 38.3 Å². The van der Waals surface area contributed by atoms with Crippen molar-refractivity contribution in [3.05, 3.63) is 28.3 Å². The number of unbranched alkanes of at least 4 members (excludes halogenated alkanes) is 4. The third-order valence-electron chi connectivity index (χ3n) is 7.73. The van der Waals surface area contributed by atoms with Gasteiger partial charge in [0.15, 0.2) is 5.40 Å². The van der Waals surface area contributed by atoms with Gasteiger partial charge in [0.25, 0.3) is 0 Å². The van der Waals surface area contributed by atoms with E-state index in [2.05, 4.69) is 20.8 Å². The predicted octanol–water partition coefficient (Wildman–Crippen LogP) is 10.1. The highest BCUT2D eigenvalue weighted by molar-refractivity contribution is 7.72. The molecule has 1 aliphatic rings. The molecule has 0 amide bonds. The van der Waals surface area contributed by atoms with Crippen LogP contribution in [0.15, 0.2) is 6.07 Å². The van der Waals surface area contributed by atoms with Crippen molar-refractivity contribution < 1.29 is 32.3 Å². The second kappa shape index (κ2) is 17.6. The molecular formula is C32H58O7P2. The summed E-state index contributed by atoms with van der Waals surface area (Å²) in [5.41, 5.74) is 3.49. The highest BCUT2D eigenvalue weighted by Gasteiger charge is 2.51. The van der Waals surface area contributed by atoms with Crippen LogP contribution in [0.25, 0.3) is 0 Å². The minimum atomic E-state index is -3.95. The molecule has 0 aliphatic heterocycles. The first-order valence-electron chi connectivity index (χ1n) is 16.1. The van der Waals surface area contributed by atoms with E-state index in [0.717, 1.165) is 73.6 Å². The van der Waals surface area contributed by atoms with Crippen LogP contribution >= 0.6 is 15.2 Å². The summed E-state index contributed by atoms with van der Waals surface area (Å²) >= 11 is 0. The molecule has 1 aromatic carbocycles. The van der Waals surface area contributed by atoms with Crippen molar-refractivity contribution in [2.75, 3.05) is 26.4 Å². The van der Waals surface area contributed by atoms with Crippen molar-refractivity contribution in [3.8, 4) is 5.75 Å². The zero-order valence-electron chi connectivity index (χ0n) is 27.0. The van der Waals surface area contributed by atoms with Gasteiger partial charge >= 0.3 is 15.2 Å². The SMILES string of the molecule is CCCCOP(=O)(OCCCC)C(Cc1cc(C(C)(C)C)c(O)c2c1CCCC2)P(=O)(OCCCC)OCCCC. The van der Waals surface area contributed by atoms with Gasteiger partial charge in [0.05, 0.1) is 26.4 Å². The fraction of sp³-hybridized carbons (Fsp3) is 0.812. The van der Waals surface area contributed by atoms with Gasteiger partial charge < -0.3 is 23.2 Å². The first-order chi connectivity index (χ1) is 19.5. The van der Waals surface area contributed by atoms with Crippen molar-refractivity contribution in [2.24, 2.45) is 0 Å². The summed E-state index contributed by atoms with van der Waals surface area (Å²) in [6.45, 7) is 15.4. The lowest BCUT2D eigenvalue weighted by atomic mass is 9.78. The maximum Gasteiger partial charge on any atom is 0.346 e. The molecule has 0 spiro atoms. The van der Waals surface area contributed by atoms with Crippen LogP contribution < -0.4 is 0 Å².